The van der Waals surface area contributed by atoms with E-state index in [0.717, 1.165) is 0 Å². The van der Waals surface area contributed by atoms with Crippen molar-refractivity contribution in [3.05, 3.63) is 24.2 Å². The van der Waals surface area contributed by atoms with Gasteiger partial charge in [-0.1, -0.05) is 0 Å². The molecule has 1 N–H and O–H groups in total. The summed E-state index contributed by atoms with van der Waals surface area (Å²) in [4.78, 5) is 1.24. The minimum Gasteiger partial charge on any atom is -0.472 e. The molecule has 0 saturated carbocycles. The molecule has 92 valence electrons. The maximum absolute atomic E-state index is 12.2. The Morgan fingerprint density at radius 1 is 1.38 bits per heavy atom. The summed E-state index contributed by atoms with van der Waals surface area (Å²) in [6.45, 7) is -0.699. The van der Waals surface area contributed by atoms with Gasteiger partial charge in [0.25, 0.3) is 0 Å². The van der Waals surface area contributed by atoms with Gasteiger partial charge < -0.3 is 9.52 Å². The summed E-state index contributed by atoms with van der Waals surface area (Å²) in [6, 6.07) is 1.63. The lowest BCUT2D eigenvalue weighted by atomic mass is 10.3. The first-order chi connectivity index (χ1) is 7.51. The van der Waals surface area contributed by atoms with Gasteiger partial charge in [0.2, 0.25) is 0 Å². The Morgan fingerprint density at radius 2 is 2.12 bits per heavy atom. The summed E-state index contributed by atoms with van der Waals surface area (Å²) in [6.07, 6.45) is -1.05. The lowest BCUT2D eigenvalue weighted by molar-refractivity contribution is -0.147. The van der Waals surface area contributed by atoms with Crippen LogP contribution in [0.1, 0.15) is 12.0 Å². The van der Waals surface area contributed by atoms with Crippen LogP contribution in [0.4, 0.5) is 13.2 Å². The maximum atomic E-state index is 12.2. The predicted molar refractivity (Wildman–Crippen MR) is 51.7 cm³/mol. The van der Waals surface area contributed by atoms with E-state index in [1.54, 1.807) is 6.07 Å². The zero-order chi connectivity index (χ0) is 12.0. The SMILES string of the molecule is OCCCN(Cc1ccoc1)CC(F)(F)F. The zero-order valence-electron chi connectivity index (χ0n) is 8.70. The van der Waals surface area contributed by atoms with Crippen molar-refractivity contribution >= 4 is 0 Å². The van der Waals surface area contributed by atoms with Gasteiger partial charge in [-0.3, -0.25) is 4.90 Å². The van der Waals surface area contributed by atoms with E-state index in [1.807, 2.05) is 0 Å². The molecule has 0 bridgehead atoms. The molecule has 0 saturated heterocycles. The van der Waals surface area contributed by atoms with Crippen LogP contribution in [0.2, 0.25) is 0 Å². The van der Waals surface area contributed by atoms with E-state index in [4.69, 9.17) is 9.52 Å². The molecule has 1 rings (SSSR count). The minimum absolute atomic E-state index is 0.111. The van der Waals surface area contributed by atoms with Crippen LogP contribution in [0.25, 0.3) is 0 Å². The van der Waals surface area contributed by atoms with Gasteiger partial charge in [-0.2, -0.15) is 13.2 Å². The van der Waals surface area contributed by atoms with E-state index in [9.17, 15) is 13.2 Å². The predicted octanol–water partition coefficient (Wildman–Crippen LogP) is 2.03. The van der Waals surface area contributed by atoms with Crippen molar-refractivity contribution in [1.82, 2.24) is 4.90 Å². The normalized spacial score (nSPS) is 12.3. The first-order valence-corrected chi connectivity index (χ1v) is 4.92. The highest BCUT2D eigenvalue weighted by molar-refractivity contribution is 5.04. The number of hydrogen-bond donors (Lipinski definition) is 1. The van der Waals surface area contributed by atoms with Crippen molar-refractivity contribution in [3.8, 4) is 0 Å². The molecule has 0 unspecified atom stereocenters. The largest absolute Gasteiger partial charge is 0.472 e. The van der Waals surface area contributed by atoms with Gasteiger partial charge in [-0.25, -0.2) is 0 Å². The molecule has 0 aromatic carbocycles. The molecular formula is C10H14F3NO2. The molecule has 3 nitrogen and oxygen atoms in total. The Bertz CT molecular complexity index is 285. The molecule has 1 aromatic rings. The zero-order valence-corrected chi connectivity index (χ0v) is 8.70. The van der Waals surface area contributed by atoms with Gasteiger partial charge in [-0.15, -0.1) is 0 Å². The van der Waals surface area contributed by atoms with Crippen LogP contribution >= 0.6 is 0 Å². The highest BCUT2D eigenvalue weighted by Gasteiger charge is 2.30. The van der Waals surface area contributed by atoms with Crippen LogP contribution in [0.5, 0.6) is 0 Å². The third-order valence-electron chi connectivity index (χ3n) is 2.02. The number of rotatable bonds is 6. The summed E-state index contributed by atoms with van der Waals surface area (Å²) in [5.74, 6) is 0. The number of alkyl halides is 3. The summed E-state index contributed by atoms with van der Waals surface area (Å²) in [5.41, 5.74) is 0.696. The lowest BCUT2D eigenvalue weighted by Crippen LogP contribution is -2.34. The number of aliphatic hydroxyl groups excluding tert-OH is 1. The van der Waals surface area contributed by atoms with E-state index in [-0.39, 0.29) is 19.7 Å². The van der Waals surface area contributed by atoms with E-state index in [2.05, 4.69) is 0 Å². The van der Waals surface area contributed by atoms with Crippen molar-refractivity contribution in [2.75, 3.05) is 19.7 Å². The quantitative estimate of drug-likeness (QED) is 0.822. The molecule has 1 aromatic heterocycles. The van der Waals surface area contributed by atoms with Gasteiger partial charge >= 0.3 is 6.18 Å². The molecule has 0 spiro atoms. The molecule has 0 fully saturated rings. The Kier molecular flexibility index (Phi) is 4.82. The van der Waals surface area contributed by atoms with Gasteiger partial charge in [0.15, 0.2) is 0 Å². The van der Waals surface area contributed by atoms with E-state index in [1.165, 1.54) is 17.4 Å². The molecule has 6 heteroatoms. The molecule has 0 aliphatic rings. The van der Waals surface area contributed by atoms with Gasteiger partial charge in [-0.05, 0) is 12.5 Å². The van der Waals surface area contributed by atoms with Crippen LogP contribution in [0, 0.1) is 0 Å². The first-order valence-electron chi connectivity index (χ1n) is 4.92. The van der Waals surface area contributed by atoms with E-state index >= 15 is 0 Å². The number of hydrogen-bond acceptors (Lipinski definition) is 3. The average Bonchev–Trinajstić information content (AvgIpc) is 2.64. The van der Waals surface area contributed by atoms with Gasteiger partial charge in [0.05, 0.1) is 19.1 Å². The fraction of sp³-hybridized carbons (Fsp3) is 0.600. The number of furan rings is 1. The lowest BCUT2D eigenvalue weighted by Gasteiger charge is -2.22. The Labute approximate surface area is 91.5 Å². The van der Waals surface area contributed by atoms with Crippen molar-refractivity contribution in [3.63, 3.8) is 0 Å². The van der Waals surface area contributed by atoms with E-state index < -0.39 is 12.7 Å². The van der Waals surface area contributed by atoms with Crippen molar-refractivity contribution in [2.24, 2.45) is 0 Å². The third kappa shape index (κ3) is 5.18. The monoisotopic (exact) mass is 237 g/mol. The Hall–Kier alpha value is -1.01. The van der Waals surface area contributed by atoms with Crippen molar-refractivity contribution in [2.45, 2.75) is 19.1 Å². The maximum Gasteiger partial charge on any atom is 0.401 e. The highest BCUT2D eigenvalue weighted by atomic mass is 19.4. The molecule has 0 amide bonds. The molecule has 16 heavy (non-hydrogen) atoms. The Balaban J connectivity index is 2.50. The van der Waals surface area contributed by atoms with Gasteiger partial charge in [0.1, 0.15) is 0 Å². The smallest absolute Gasteiger partial charge is 0.401 e. The second kappa shape index (κ2) is 5.91. The molecule has 0 atom stereocenters. The number of halogens is 3. The average molecular weight is 237 g/mol. The van der Waals surface area contributed by atoms with Crippen LogP contribution in [-0.4, -0.2) is 35.9 Å². The molecule has 1 heterocycles. The Morgan fingerprint density at radius 3 is 2.62 bits per heavy atom. The van der Waals surface area contributed by atoms with Crippen LogP contribution in [0.15, 0.2) is 23.0 Å². The fourth-order valence-electron chi connectivity index (χ4n) is 1.40. The topological polar surface area (TPSA) is 36.6 Å². The van der Waals surface area contributed by atoms with E-state index in [0.29, 0.717) is 12.0 Å². The minimum atomic E-state index is -4.22. The highest BCUT2D eigenvalue weighted by Crippen LogP contribution is 2.18. The number of nitrogens with zero attached hydrogens (tertiary/aromatic N) is 1. The van der Waals surface area contributed by atoms with Crippen molar-refractivity contribution < 1.29 is 22.7 Å². The standard InChI is InChI=1S/C10H14F3NO2/c11-10(12,13)8-14(3-1-4-15)6-9-2-5-16-7-9/h2,5,7,15H,1,3-4,6,8H2. The van der Waals surface area contributed by atoms with Crippen LogP contribution in [0.3, 0.4) is 0 Å². The van der Waals surface area contributed by atoms with Gasteiger partial charge in [0, 0.05) is 25.3 Å². The second-order valence-corrected chi connectivity index (χ2v) is 3.53. The van der Waals surface area contributed by atoms with Crippen LogP contribution < -0.4 is 0 Å². The molecule has 0 aliphatic heterocycles. The summed E-state index contributed by atoms with van der Waals surface area (Å²) in [7, 11) is 0. The number of aliphatic hydroxyl groups is 1. The third-order valence-corrected chi connectivity index (χ3v) is 2.02. The van der Waals surface area contributed by atoms with Crippen molar-refractivity contribution in [1.29, 1.82) is 0 Å². The summed E-state index contributed by atoms with van der Waals surface area (Å²) < 4.78 is 41.5. The summed E-state index contributed by atoms with van der Waals surface area (Å²) in [5, 5.41) is 8.61. The fourth-order valence-corrected chi connectivity index (χ4v) is 1.40. The first kappa shape index (κ1) is 13.1. The second-order valence-electron chi connectivity index (χ2n) is 3.53. The molecule has 0 aliphatic carbocycles. The molecule has 0 radical (unpaired) electrons. The van der Waals surface area contributed by atoms with Crippen LogP contribution in [-0.2, 0) is 6.54 Å². The molecular weight excluding hydrogens is 223 g/mol. The summed E-state index contributed by atoms with van der Waals surface area (Å²) >= 11 is 0.